The van der Waals surface area contributed by atoms with Crippen LogP contribution in [0.4, 0.5) is 0 Å². The van der Waals surface area contributed by atoms with Crippen LogP contribution < -0.4 is 0 Å². The molecule has 5 nitrogen and oxygen atoms in total. The summed E-state index contributed by atoms with van der Waals surface area (Å²) in [5, 5.41) is 17.3. The smallest absolute Gasteiger partial charge is 0.305 e. The van der Waals surface area contributed by atoms with Gasteiger partial charge in [0, 0.05) is 6.42 Å². The summed E-state index contributed by atoms with van der Waals surface area (Å²) in [6, 6.07) is 0. The maximum atomic E-state index is 11.5. The zero-order chi connectivity index (χ0) is 20.0. The van der Waals surface area contributed by atoms with Gasteiger partial charge in [-0.25, -0.2) is 0 Å². The Hall–Kier alpha value is -0.650. The minimum absolute atomic E-state index is 0.130. The van der Waals surface area contributed by atoms with Gasteiger partial charge in [-0.05, 0) is 19.3 Å². The predicted molar refractivity (Wildman–Crippen MR) is 110 cm³/mol. The molecular weight excluding hydrogens is 342 g/mol. The van der Waals surface area contributed by atoms with Crippen molar-refractivity contribution in [3.63, 3.8) is 0 Å². The van der Waals surface area contributed by atoms with Crippen molar-refractivity contribution in [3.8, 4) is 0 Å². The van der Waals surface area contributed by atoms with Gasteiger partial charge in [0.1, 0.15) is 0 Å². The van der Waals surface area contributed by atoms with E-state index in [0.717, 1.165) is 12.8 Å². The van der Waals surface area contributed by atoms with Crippen molar-refractivity contribution in [2.45, 2.75) is 122 Å². The zero-order valence-corrected chi connectivity index (χ0v) is 17.8. The molecule has 0 aliphatic heterocycles. The van der Waals surface area contributed by atoms with Crippen LogP contribution in [0.3, 0.4) is 0 Å². The van der Waals surface area contributed by atoms with Crippen molar-refractivity contribution < 1.29 is 19.9 Å². The number of esters is 1. The van der Waals surface area contributed by atoms with E-state index in [1.165, 1.54) is 83.5 Å². The Morgan fingerprint density at radius 3 is 1.56 bits per heavy atom. The highest BCUT2D eigenvalue weighted by molar-refractivity contribution is 5.69. The number of carbonyl (C=O) groups is 1. The average molecular weight is 388 g/mol. The Kier molecular flexibility index (Phi) is 21.1. The van der Waals surface area contributed by atoms with E-state index in [1.54, 1.807) is 0 Å². The fourth-order valence-electron chi connectivity index (χ4n) is 3.25. The number of ether oxygens (including phenoxy) is 1. The third kappa shape index (κ3) is 23.3. The molecule has 162 valence electrons. The monoisotopic (exact) mass is 387 g/mol. The molecule has 0 aromatic carbocycles. The second kappa shape index (κ2) is 21.6. The van der Waals surface area contributed by atoms with Crippen LogP contribution >= 0.6 is 0 Å². The lowest BCUT2D eigenvalue weighted by Gasteiger charge is -2.07. The molecule has 0 aromatic heterocycles. The summed E-state index contributed by atoms with van der Waals surface area (Å²) in [5.74, 6) is -0.130. The van der Waals surface area contributed by atoms with Crippen LogP contribution in [-0.2, 0) is 9.53 Å². The van der Waals surface area contributed by atoms with E-state index in [4.69, 9.17) is 15.2 Å². The molecule has 0 unspecified atom stereocenters. The van der Waals surface area contributed by atoms with Crippen LogP contribution in [0.1, 0.15) is 122 Å². The lowest BCUT2D eigenvalue weighted by atomic mass is 10.0. The lowest BCUT2D eigenvalue weighted by Crippen LogP contribution is -2.15. The minimum Gasteiger partial charge on any atom is -0.466 e. The molecule has 0 saturated heterocycles. The maximum absolute atomic E-state index is 11.5. The Bertz CT molecular complexity index is 311. The van der Waals surface area contributed by atoms with E-state index in [9.17, 15) is 4.79 Å². The van der Waals surface area contributed by atoms with E-state index in [1.807, 2.05) is 0 Å². The van der Waals surface area contributed by atoms with Gasteiger partial charge >= 0.3 is 5.97 Å². The van der Waals surface area contributed by atoms with Crippen LogP contribution in [0.15, 0.2) is 0 Å². The van der Waals surface area contributed by atoms with E-state index in [-0.39, 0.29) is 17.7 Å². The Labute approximate surface area is 167 Å². The number of hydrogen-bond donors (Lipinski definition) is 2. The van der Waals surface area contributed by atoms with Crippen LogP contribution in [0.25, 0.3) is 0 Å². The topological polar surface area (TPSA) is 70.0 Å². The van der Waals surface area contributed by atoms with Crippen molar-refractivity contribution >= 4 is 5.97 Å². The summed E-state index contributed by atoms with van der Waals surface area (Å²) in [7, 11) is 0. The summed E-state index contributed by atoms with van der Waals surface area (Å²) in [4.78, 5) is 11.5. The van der Waals surface area contributed by atoms with Gasteiger partial charge in [0.25, 0.3) is 0 Å². The summed E-state index contributed by atoms with van der Waals surface area (Å²) < 4.78 is 5.12. The van der Waals surface area contributed by atoms with Crippen molar-refractivity contribution in [2.24, 2.45) is 0 Å². The summed E-state index contributed by atoms with van der Waals surface area (Å²) in [5.41, 5.74) is 0. The molecule has 5 heteroatoms. The first kappa shape index (κ1) is 26.4. The van der Waals surface area contributed by atoms with E-state index in [2.05, 4.69) is 6.92 Å². The fourth-order valence-corrected chi connectivity index (χ4v) is 3.25. The van der Waals surface area contributed by atoms with Gasteiger partial charge in [-0.1, -0.05) is 102 Å². The normalized spacial score (nSPS) is 11.3. The molecule has 0 radical (unpaired) electrons. The first-order valence-electron chi connectivity index (χ1n) is 11.5. The average Bonchev–Trinajstić information content (AvgIpc) is 2.64. The van der Waals surface area contributed by atoms with E-state index < -0.39 is 0 Å². The molecule has 2 N–H and O–H groups in total. The molecule has 0 bridgehead atoms. The third-order valence-corrected chi connectivity index (χ3v) is 5.00. The molecule has 0 aromatic rings. The number of rotatable bonds is 21. The Morgan fingerprint density at radius 1 is 0.667 bits per heavy atom. The standard InChI is InChI=1S/C22H45NO4/c1-2-3-4-5-6-7-8-9-10-11-12-13-14-15-16-19-22(24)27-21-18-17-20-23(25)26/h25-26H,2-21H2,1H3. The van der Waals surface area contributed by atoms with Crippen molar-refractivity contribution in [3.05, 3.63) is 0 Å². The van der Waals surface area contributed by atoms with E-state index >= 15 is 0 Å². The lowest BCUT2D eigenvalue weighted by molar-refractivity contribution is -0.306. The molecule has 0 heterocycles. The molecule has 0 atom stereocenters. The van der Waals surface area contributed by atoms with Gasteiger partial charge in [-0.15, -0.1) is 0 Å². The maximum Gasteiger partial charge on any atom is 0.305 e. The Balaban J connectivity index is 3.12. The fraction of sp³-hybridized carbons (Fsp3) is 0.955. The van der Waals surface area contributed by atoms with Gasteiger partial charge in [0.05, 0.1) is 13.2 Å². The number of carbonyl (C=O) groups excluding carboxylic acids is 1. The molecule has 0 aliphatic carbocycles. The highest BCUT2D eigenvalue weighted by Crippen LogP contribution is 2.13. The number of hydroxylamine groups is 2. The molecule has 0 aliphatic rings. The minimum atomic E-state index is -0.130. The Morgan fingerprint density at radius 2 is 1.11 bits per heavy atom. The quantitative estimate of drug-likeness (QED) is 0.131. The first-order valence-corrected chi connectivity index (χ1v) is 11.5. The summed E-state index contributed by atoms with van der Waals surface area (Å²) >= 11 is 0. The zero-order valence-electron chi connectivity index (χ0n) is 17.8. The van der Waals surface area contributed by atoms with Gasteiger partial charge in [-0.2, -0.15) is 0 Å². The van der Waals surface area contributed by atoms with Crippen LogP contribution in [0.2, 0.25) is 0 Å². The van der Waals surface area contributed by atoms with Gasteiger partial charge in [0.2, 0.25) is 0 Å². The molecule has 0 spiro atoms. The summed E-state index contributed by atoms with van der Waals surface area (Å²) in [6.07, 6.45) is 21.6. The highest BCUT2D eigenvalue weighted by Gasteiger charge is 2.03. The number of unbranched alkanes of at least 4 members (excludes halogenated alkanes) is 15. The van der Waals surface area contributed by atoms with Crippen molar-refractivity contribution in [2.75, 3.05) is 13.2 Å². The van der Waals surface area contributed by atoms with Gasteiger partial charge in [-0.3, -0.25) is 15.2 Å². The second-order valence-electron chi connectivity index (χ2n) is 7.72. The van der Waals surface area contributed by atoms with Crippen molar-refractivity contribution in [1.29, 1.82) is 0 Å². The third-order valence-electron chi connectivity index (χ3n) is 5.00. The van der Waals surface area contributed by atoms with E-state index in [0.29, 0.717) is 25.9 Å². The molecule has 0 saturated carbocycles. The summed E-state index contributed by atoms with van der Waals surface area (Å²) in [6.45, 7) is 2.81. The molecule has 0 amide bonds. The number of hydrogen-bond acceptors (Lipinski definition) is 5. The first-order chi connectivity index (χ1) is 13.2. The molecule has 0 fully saturated rings. The molecule has 27 heavy (non-hydrogen) atoms. The van der Waals surface area contributed by atoms with Gasteiger partial charge in [0.15, 0.2) is 0 Å². The van der Waals surface area contributed by atoms with Crippen LogP contribution in [0, 0.1) is 0 Å². The molecule has 0 rings (SSSR count). The second-order valence-corrected chi connectivity index (χ2v) is 7.72. The highest BCUT2D eigenvalue weighted by atomic mass is 16.8. The SMILES string of the molecule is CCCCCCCCCCCCCCCCCC(=O)OCCCCN(O)O. The van der Waals surface area contributed by atoms with Crippen LogP contribution in [-0.4, -0.2) is 34.8 Å². The van der Waals surface area contributed by atoms with Crippen LogP contribution in [0.5, 0.6) is 0 Å². The largest absolute Gasteiger partial charge is 0.466 e. The van der Waals surface area contributed by atoms with Crippen molar-refractivity contribution in [1.82, 2.24) is 5.23 Å². The predicted octanol–water partition coefficient (Wildman–Crippen LogP) is 6.65. The molecular formula is C22H45NO4. The van der Waals surface area contributed by atoms with Gasteiger partial charge < -0.3 is 4.74 Å². The number of nitrogens with zero attached hydrogens (tertiary/aromatic N) is 1.